The molecule has 0 radical (unpaired) electrons. The molecule has 0 bridgehead atoms. The maximum Gasteiger partial charge on any atom is 0.0958 e. The van der Waals surface area contributed by atoms with Crippen molar-refractivity contribution in [2.45, 2.75) is 13.8 Å². The van der Waals surface area contributed by atoms with Crippen LogP contribution in [0.3, 0.4) is 0 Å². The molecule has 0 fully saturated rings. The van der Waals surface area contributed by atoms with E-state index in [1.54, 1.807) is 22.7 Å². The Morgan fingerprint density at radius 2 is 1.22 bits per heavy atom. The molecule has 0 atom stereocenters. The molecule has 4 heteroatoms. The van der Waals surface area contributed by atoms with Crippen molar-refractivity contribution in [1.82, 2.24) is 0 Å². The van der Waals surface area contributed by atoms with Crippen LogP contribution in [0.15, 0.2) is 24.3 Å². The minimum Gasteiger partial charge on any atom is -0.193 e. The molecule has 0 aliphatic carbocycles. The molecular formula is C14H10N2S2. The van der Waals surface area contributed by atoms with Gasteiger partial charge in [-0.15, -0.1) is 22.7 Å². The first-order valence-electron chi connectivity index (χ1n) is 5.34. The molecule has 0 aliphatic heterocycles. The Labute approximate surface area is 113 Å². The smallest absolute Gasteiger partial charge is 0.0958 e. The first-order chi connectivity index (χ1) is 8.65. The van der Waals surface area contributed by atoms with Gasteiger partial charge in [-0.1, -0.05) is 0 Å². The molecule has 0 aliphatic rings. The zero-order chi connectivity index (χ0) is 13.1. The summed E-state index contributed by atoms with van der Waals surface area (Å²) in [4.78, 5) is 0. The molecule has 0 N–H and O–H groups in total. The molecule has 0 saturated heterocycles. The Morgan fingerprint density at radius 1 is 0.833 bits per heavy atom. The topological polar surface area (TPSA) is 47.6 Å². The van der Waals surface area contributed by atoms with Gasteiger partial charge in [0.25, 0.3) is 0 Å². The summed E-state index contributed by atoms with van der Waals surface area (Å²) in [5.74, 6) is 0. The molecule has 0 spiro atoms. The number of nitriles is 2. The lowest BCUT2D eigenvalue weighted by Gasteiger charge is -1.77. The maximum atomic E-state index is 8.86. The number of nitrogens with zero attached hydrogens (tertiary/aromatic N) is 2. The van der Waals surface area contributed by atoms with Gasteiger partial charge in [0.1, 0.15) is 0 Å². The predicted molar refractivity (Wildman–Crippen MR) is 75.0 cm³/mol. The van der Waals surface area contributed by atoms with E-state index < -0.39 is 0 Å². The summed E-state index contributed by atoms with van der Waals surface area (Å²) < 4.78 is 4.29. The molecule has 2 nitrogen and oxygen atoms in total. The molecule has 0 amide bonds. The van der Waals surface area contributed by atoms with Gasteiger partial charge in [-0.05, 0) is 38.1 Å². The second-order valence-corrected chi connectivity index (χ2v) is 5.97. The Balaban J connectivity index is 2.81. The fraction of sp³-hybridized carbons (Fsp3) is 0.143. The quantitative estimate of drug-likeness (QED) is 0.738. The SMILES string of the molecule is C/C(C#N)=c1/cc/c(=c2/cc/c(=C(/C)C#N)s2)s1. The average Bonchev–Trinajstić information content (AvgIpc) is 3.04. The van der Waals surface area contributed by atoms with Crippen LogP contribution in [0, 0.1) is 31.7 Å². The lowest BCUT2D eigenvalue weighted by Crippen LogP contribution is -1.92. The van der Waals surface area contributed by atoms with Crippen LogP contribution in [0.4, 0.5) is 0 Å². The largest absolute Gasteiger partial charge is 0.193 e. The highest BCUT2D eigenvalue weighted by atomic mass is 32.1. The van der Waals surface area contributed by atoms with Crippen molar-refractivity contribution in [1.29, 1.82) is 10.5 Å². The second kappa shape index (κ2) is 5.18. The highest BCUT2D eigenvalue weighted by molar-refractivity contribution is 7.11. The molecule has 2 rings (SSSR count). The number of hydrogen-bond acceptors (Lipinski definition) is 4. The van der Waals surface area contributed by atoms with Crippen molar-refractivity contribution in [2.75, 3.05) is 0 Å². The van der Waals surface area contributed by atoms with Gasteiger partial charge in [0.2, 0.25) is 0 Å². The lowest BCUT2D eigenvalue weighted by atomic mass is 10.3. The van der Waals surface area contributed by atoms with E-state index in [4.69, 9.17) is 10.5 Å². The zero-order valence-corrected chi connectivity index (χ0v) is 11.7. The monoisotopic (exact) mass is 270 g/mol. The zero-order valence-electron chi connectivity index (χ0n) is 10.0. The molecule has 0 aromatic carbocycles. The fourth-order valence-electron chi connectivity index (χ4n) is 1.45. The maximum absolute atomic E-state index is 8.86. The standard InChI is InChI=1S/C14H10N2S2/c1-9(7-15)11-3-5-13(17-11)14-6-4-12(18-14)10(2)8-16/h3-6H,1-2H3/b11-9+,12-10+,14-13+. The first-order valence-corrected chi connectivity index (χ1v) is 6.97. The summed E-state index contributed by atoms with van der Waals surface area (Å²) >= 11 is 3.22. The molecular weight excluding hydrogens is 260 g/mol. The van der Waals surface area contributed by atoms with E-state index in [2.05, 4.69) is 12.1 Å². The number of thiophene rings is 2. The van der Waals surface area contributed by atoms with Crippen LogP contribution < -0.4 is 9.06 Å². The van der Waals surface area contributed by atoms with Gasteiger partial charge in [-0.3, -0.25) is 0 Å². The Hall–Kier alpha value is -1.88. The highest BCUT2D eigenvalue weighted by Crippen LogP contribution is 2.05. The van der Waals surface area contributed by atoms with Gasteiger partial charge in [0, 0.05) is 29.3 Å². The lowest BCUT2D eigenvalue weighted by molar-refractivity contribution is 1.52. The Bertz CT molecular complexity index is 796. The number of hydrogen-bond donors (Lipinski definition) is 0. The van der Waals surface area contributed by atoms with Crippen LogP contribution in [-0.4, -0.2) is 0 Å². The summed E-state index contributed by atoms with van der Waals surface area (Å²) in [5.41, 5.74) is 1.48. The summed E-state index contributed by atoms with van der Waals surface area (Å²) in [5, 5.41) is 17.7. The fourth-order valence-corrected chi connectivity index (χ4v) is 3.46. The van der Waals surface area contributed by atoms with E-state index in [9.17, 15) is 0 Å². The minimum atomic E-state index is 0.739. The molecule has 0 saturated carbocycles. The molecule has 88 valence electrons. The Morgan fingerprint density at radius 3 is 1.56 bits per heavy atom. The van der Waals surface area contributed by atoms with Gasteiger partial charge in [-0.2, -0.15) is 10.5 Å². The van der Waals surface area contributed by atoms with Crippen molar-refractivity contribution in [3.05, 3.63) is 42.4 Å². The van der Waals surface area contributed by atoms with Gasteiger partial charge in [0.05, 0.1) is 12.1 Å². The van der Waals surface area contributed by atoms with Crippen LogP contribution in [0.25, 0.3) is 11.1 Å². The second-order valence-electron chi connectivity index (χ2n) is 3.80. The minimum absolute atomic E-state index is 0.739. The third-order valence-corrected chi connectivity index (χ3v) is 5.13. The van der Waals surface area contributed by atoms with Crippen molar-refractivity contribution < 1.29 is 0 Å². The van der Waals surface area contributed by atoms with E-state index in [1.165, 1.54) is 0 Å². The molecule has 2 aromatic rings. The van der Waals surface area contributed by atoms with Crippen LogP contribution in [-0.2, 0) is 0 Å². The molecule has 2 heterocycles. The summed E-state index contributed by atoms with van der Waals surface area (Å²) in [7, 11) is 0. The van der Waals surface area contributed by atoms with E-state index >= 15 is 0 Å². The third-order valence-electron chi connectivity index (χ3n) is 2.53. The molecule has 0 unspecified atom stereocenters. The van der Waals surface area contributed by atoms with E-state index in [0.29, 0.717) is 0 Å². The van der Waals surface area contributed by atoms with E-state index in [1.807, 2.05) is 38.1 Å². The van der Waals surface area contributed by atoms with Crippen molar-refractivity contribution in [3.63, 3.8) is 0 Å². The van der Waals surface area contributed by atoms with Crippen LogP contribution >= 0.6 is 22.7 Å². The molecule has 18 heavy (non-hydrogen) atoms. The first kappa shape index (κ1) is 12.6. The number of rotatable bonds is 0. The summed E-state index contributed by atoms with van der Waals surface area (Å²) in [6.45, 7) is 3.64. The predicted octanol–water partition coefficient (Wildman–Crippen LogP) is 2.48. The van der Waals surface area contributed by atoms with Gasteiger partial charge in [-0.25, -0.2) is 0 Å². The van der Waals surface area contributed by atoms with E-state index in [-0.39, 0.29) is 0 Å². The summed E-state index contributed by atoms with van der Waals surface area (Å²) in [6.07, 6.45) is 0. The normalized spacial score (nSPS) is 15.6. The highest BCUT2D eigenvalue weighted by Gasteiger charge is 1.95. The Kier molecular flexibility index (Phi) is 3.62. The van der Waals surface area contributed by atoms with Gasteiger partial charge < -0.3 is 0 Å². The average molecular weight is 270 g/mol. The van der Waals surface area contributed by atoms with Crippen molar-refractivity contribution in [2.24, 2.45) is 0 Å². The summed E-state index contributed by atoms with van der Waals surface area (Å²) in [6, 6.07) is 12.3. The van der Waals surface area contributed by atoms with Crippen molar-refractivity contribution in [3.8, 4) is 12.1 Å². The van der Waals surface area contributed by atoms with Crippen LogP contribution in [0.1, 0.15) is 13.8 Å². The van der Waals surface area contributed by atoms with Gasteiger partial charge >= 0.3 is 0 Å². The van der Waals surface area contributed by atoms with Crippen molar-refractivity contribution >= 4 is 33.8 Å². The van der Waals surface area contributed by atoms with E-state index in [0.717, 1.165) is 29.3 Å². The van der Waals surface area contributed by atoms with Crippen LogP contribution in [0.5, 0.6) is 0 Å². The van der Waals surface area contributed by atoms with Crippen LogP contribution in [0.2, 0.25) is 0 Å². The van der Waals surface area contributed by atoms with Gasteiger partial charge in [0.15, 0.2) is 0 Å². The third kappa shape index (κ3) is 2.36. The molecule has 2 aromatic heterocycles.